The molecule has 4 heteroatoms. The smallest absolute Gasteiger partial charge is 0.396 e. The van der Waals surface area contributed by atoms with Crippen molar-refractivity contribution in [3.8, 4) is 0 Å². The van der Waals surface area contributed by atoms with Gasteiger partial charge in [-0.2, -0.15) is 0 Å². The van der Waals surface area contributed by atoms with Crippen molar-refractivity contribution in [2.45, 2.75) is 141 Å². The number of ether oxygens (including phenoxy) is 1. The summed E-state index contributed by atoms with van der Waals surface area (Å²) in [6.07, 6.45) is 21.0. The van der Waals surface area contributed by atoms with E-state index in [1.807, 2.05) is 0 Å². The van der Waals surface area contributed by atoms with Crippen LogP contribution in [-0.2, 0) is 21.8 Å². The Kier molecular flexibility index (Phi) is 28.8. The first-order valence-corrected chi connectivity index (χ1v) is 16.1. The summed E-state index contributed by atoms with van der Waals surface area (Å²) >= 11 is 0. The van der Waals surface area contributed by atoms with E-state index in [-0.39, 0.29) is 38.5 Å². The number of unbranched alkanes of at least 4 members (excludes halogenated alkanes) is 3. The van der Waals surface area contributed by atoms with Gasteiger partial charge in [0.15, 0.2) is 0 Å². The van der Waals surface area contributed by atoms with Gasteiger partial charge in [0.05, 0.1) is 8.07 Å². The van der Waals surface area contributed by atoms with Gasteiger partial charge in [0.1, 0.15) is 0 Å². The molecule has 0 amide bonds. The number of aliphatic hydroxyl groups excluding tert-OH is 1. The molecular weight excluding hydrogens is 452 g/mol. The van der Waals surface area contributed by atoms with Crippen LogP contribution in [0.2, 0.25) is 23.7 Å². The van der Waals surface area contributed by atoms with Crippen LogP contribution in [0.3, 0.4) is 0 Å². The van der Waals surface area contributed by atoms with Gasteiger partial charge in [0.25, 0.3) is 0 Å². The van der Waals surface area contributed by atoms with E-state index in [2.05, 4.69) is 20.8 Å². The van der Waals surface area contributed by atoms with Crippen molar-refractivity contribution < 1.29 is 26.9 Å². The fraction of sp³-hybridized carbons (Fsp3) is 0.929. The van der Waals surface area contributed by atoms with Crippen LogP contribution in [0.1, 0.15) is 117 Å². The van der Waals surface area contributed by atoms with E-state index in [9.17, 15) is 0 Å². The maximum absolute atomic E-state index is 8.96. The Morgan fingerprint density at radius 2 is 1.19 bits per heavy atom. The van der Waals surface area contributed by atoms with Crippen molar-refractivity contribution in [2.24, 2.45) is 5.92 Å². The molecule has 2 fully saturated rings. The van der Waals surface area contributed by atoms with E-state index in [0.717, 1.165) is 31.1 Å². The first-order chi connectivity index (χ1) is 14.2. The van der Waals surface area contributed by atoms with Gasteiger partial charge in [-0.1, -0.05) is 122 Å². The van der Waals surface area contributed by atoms with E-state index in [1.165, 1.54) is 89.9 Å². The first kappa shape index (κ1) is 37.2. The summed E-state index contributed by atoms with van der Waals surface area (Å²) in [4.78, 5) is 0. The van der Waals surface area contributed by atoms with Gasteiger partial charge in [-0.15, -0.1) is 0 Å². The molecule has 0 radical (unpaired) electrons. The van der Waals surface area contributed by atoms with E-state index < -0.39 is 8.07 Å². The van der Waals surface area contributed by atoms with Crippen LogP contribution >= 0.6 is 0 Å². The quantitative estimate of drug-likeness (QED) is 0.135. The van der Waals surface area contributed by atoms with Gasteiger partial charge >= 0.3 is 17.1 Å². The van der Waals surface area contributed by atoms with Gasteiger partial charge in [-0.25, -0.2) is 0 Å². The minimum Gasteiger partial charge on any atom is -0.396 e. The molecule has 2 aliphatic carbocycles. The van der Waals surface area contributed by atoms with Gasteiger partial charge in [-0.05, 0) is 24.3 Å². The Balaban J connectivity index is -0.000000924. The molecule has 0 aliphatic heterocycles. The summed E-state index contributed by atoms with van der Waals surface area (Å²) in [5, 5.41) is 8.96. The van der Waals surface area contributed by atoms with Crippen molar-refractivity contribution in [2.75, 3.05) is 19.8 Å². The van der Waals surface area contributed by atoms with Crippen LogP contribution < -0.4 is 0 Å². The maximum atomic E-state index is 8.96. The predicted molar refractivity (Wildman–Crippen MR) is 144 cm³/mol. The molecule has 2 nitrogen and oxygen atoms in total. The summed E-state index contributed by atoms with van der Waals surface area (Å²) in [5.74, 6) is 0.820. The molecule has 0 aromatic heterocycles. The van der Waals surface area contributed by atoms with Crippen LogP contribution in [-0.4, -0.2) is 33.0 Å². The molecule has 196 valence electrons. The Morgan fingerprint density at radius 3 is 1.59 bits per heavy atom. The second-order valence-corrected chi connectivity index (χ2v) is 14.9. The normalized spacial score (nSPS) is 19.9. The van der Waals surface area contributed by atoms with Gasteiger partial charge in [0.2, 0.25) is 0 Å². The topological polar surface area (TPSA) is 29.5 Å². The van der Waals surface area contributed by atoms with Crippen molar-refractivity contribution in [1.82, 2.24) is 0 Å². The van der Waals surface area contributed by atoms with Crippen LogP contribution in [0.15, 0.2) is 0 Å². The molecule has 32 heavy (non-hydrogen) atoms. The number of hydrogen-bond donors (Lipinski definition) is 1. The van der Waals surface area contributed by atoms with Crippen molar-refractivity contribution in [1.29, 1.82) is 0 Å². The Bertz CT molecular complexity index is 334. The van der Waals surface area contributed by atoms with Crippen molar-refractivity contribution in [3.05, 3.63) is 14.9 Å². The minimum absolute atomic E-state index is 0. The molecular formula is C28H60FeO2Si. The van der Waals surface area contributed by atoms with E-state index in [0.29, 0.717) is 0 Å². The van der Waals surface area contributed by atoms with Crippen LogP contribution in [0.4, 0.5) is 0 Å². The number of hydrogen-bond acceptors (Lipinski definition) is 2. The monoisotopic (exact) mass is 512 g/mol. The fourth-order valence-electron chi connectivity index (χ4n) is 5.85. The molecule has 0 aromatic carbocycles. The predicted octanol–water partition coefficient (Wildman–Crippen LogP) is 9.25. The molecule has 2 atom stereocenters. The molecule has 0 bridgehead atoms. The molecule has 2 unspecified atom stereocenters. The summed E-state index contributed by atoms with van der Waals surface area (Å²) in [7, 11) is -1.19. The number of aliphatic hydroxyl groups is 1. The zero-order valence-electron chi connectivity index (χ0n) is 22.7. The maximum Gasteiger partial charge on any atom is 2.00 e. The van der Waals surface area contributed by atoms with Gasteiger partial charge < -0.3 is 24.7 Å². The van der Waals surface area contributed by atoms with Crippen LogP contribution in [0, 0.1) is 20.8 Å². The van der Waals surface area contributed by atoms with E-state index in [1.54, 1.807) is 18.1 Å². The fourth-order valence-corrected chi connectivity index (χ4v) is 13.0. The zero-order valence-corrected chi connectivity index (χ0v) is 24.8. The largest absolute Gasteiger partial charge is 2.00 e. The second-order valence-electron chi connectivity index (χ2n) is 9.89. The van der Waals surface area contributed by atoms with Crippen molar-refractivity contribution in [3.63, 3.8) is 0 Å². The molecule has 0 spiro atoms. The van der Waals surface area contributed by atoms with Crippen LogP contribution in [0.25, 0.3) is 0 Å². The van der Waals surface area contributed by atoms with Crippen LogP contribution in [0.5, 0.6) is 0 Å². The van der Waals surface area contributed by atoms with Gasteiger partial charge in [0, 0.05) is 19.8 Å². The molecule has 0 aromatic rings. The standard InChI is InChI=1S/C21H44O2Si.C5H10.2CH3.Fe/c1-4-7-16-24(17-8-5-2,18-9-6-3)21-13-10-12-20(21)19-23-15-11-14-22;1-2-4-5-3-1;;;/h20-22H,4-19H2,1-3H3;1-5H2;2*1H3;/q;;2*-1;+2. The summed E-state index contributed by atoms with van der Waals surface area (Å²) in [6, 6.07) is 4.71. The Labute approximate surface area is 215 Å². The van der Waals surface area contributed by atoms with E-state index >= 15 is 0 Å². The third-order valence-electron chi connectivity index (χ3n) is 7.56. The number of rotatable bonds is 15. The molecule has 2 aliphatic rings. The molecule has 2 rings (SSSR count). The summed E-state index contributed by atoms with van der Waals surface area (Å²) < 4.78 is 5.96. The Hall–Kier alpha value is 0.656. The molecule has 0 saturated heterocycles. The third-order valence-corrected chi connectivity index (χ3v) is 13.9. The summed E-state index contributed by atoms with van der Waals surface area (Å²) in [5.41, 5.74) is 1.01. The zero-order chi connectivity index (χ0) is 21.2. The minimum atomic E-state index is -1.19. The Morgan fingerprint density at radius 1 is 0.719 bits per heavy atom. The van der Waals surface area contributed by atoms with Gasteiger partial charge in [-0.3, -0.25) is 0 Å². The SMILES string of the molecule is C1CCCC1.CCCC[Si](CCCC)(CCCC)C1CCCC1COCCCO.[CH3-].[CH3-].[Fe+2]. The molecule has 2 saturated carbocycles. The molecule has 1 N–H and O–H groups in total. The molecule has 0 heterocycles. The average Bonchev–Trinajstić information content (AvgIpc) is 3.46. The first-order valence-electron chi connectivity index (χ1n) is 13.4. The second kappa shape index (κ2) is 24.8. The average molecular weight is 513 g/mol. The third kappa shape index (κ3) is 14.8. The van der Waals surface area contributed by atoms with Crippen molar-refractivity contribution >= 4 is 8.07 Å². The van der Waals surface area contributed by atoms with E-state index in [4.69, 9.17) is 9.84 Å². The summed E-state index contributed by atoms with van der Waals surface area (Å²) in [6.45, 7) is 9.06.